The van der Waals surface area contributed by atoms with Gasteiger partial charge in [0, 0.05) is 5.69 Å². The second kappa shape index (κ2) is 6.87. The van der Waals surface area contributed by atoms with Gasteiger partial charge in [-0.25, -0.2) is 0 Å². The van der Waals surface area contributed by atoms with Crippen molar-refractivity contribution in [2.24, 2.45) is 5.73 Å². The van der Waals surface area contributed by atoms with Crippen molar-refractivity contribution in [2.45, 2.75) is 25.8 Å². The molecule has 0 radical (unpaired) electrons. The van der Waals surface area contributed by atoms with Crippen LogP contribution in [0.4, 0.5) is 5.69 Å². The van der Waals surface area contributed by atoms with E-state index in [4.69, 9.17) is 5.73 Å². The van der Waals surface area contributed by atoms with Crippen molar-refractivity contribution >= 4 is 11.6 Å². The minimum atomic E-state index is -0.539. The third-order valence-electron chi connectivity index (χ3n) is 3.26. The summed E-state index contributed by atoms with van der Waals surface area (Å²) in [6.07, 6.45) is 1.53. The summed E-state index contributed by atoms with van der Waals surface area (Å²) in [4.78, 5) is 12.0. The summed E-state index contributed by atoms with van der Waals surface area (Å²) < 4.78 is 0. The standard InChI is InChI=1S/C17H20N2O/c1-2-13-8-10-15(11-9-13)19-17(20)16(18)12-14-6-4-3-5-7-14/h3-11,16H,2,12,18H2,1H3,(H,19,20). The molecule has 0 aliphatic carbocycles. The molecule has 2 aromatic rings. The van der Waals surface area contributed by atoms with E-state index in [9.17, 15) is 4.79 Å². The normalized spacial score (nSPS) is 11.9. The summed E-state index contributed by atoms with van der Waals surface area (Å²) in [5.41, 5.74) is 9.04. The first-order chi connectivity index (χ1) is 9.69. The highest BCUT2D eigenvalue weighted by atomic mass is 16.2. The SMILES string of the molecule is CCc1ccc(NC(=O)C(N)Cc2ccccc2)cc1. The number of aryl methyl sites for hydroxylation is 1. The van der Waals surface area contributed by atoms with Crippen LogP contribution < -0.4 is 11.1 Å². The largest absolute Gasteiger partial charge is 0.325 e. The number of carbonyl (C=O) groups is 1. The number of rotatable bonds is 5. The first-order valence-corrected chi connectivity index (χ1v) is 6.88. The van der Waals surface area contributed by atoms with Crippen molar-refractivity contribution in [1.82, 2.24) is 0 Å². The lowest BCUT2D eigenvalue weighted by Crippen LogP contribution is -2.37. The van der Waals surface area contributed by atoms with Crippen molar-refractivity contribution < 1.29 is 4.79 Å². The van der Waals surface area contributed by atoms with E-state index >= 15 is 0 Å². The van der Waals surface area contributed by atoms with Crippen LogP contribution in [0.5, 0.6) is 0 Å². The molecular formula is C17H20N2O. The molecule has 3 nitrogen and oxygen atoms in total. The highest BCUT2D eigenvalue weighted by molar-refractivity contribution is 5.94. The maximum Gasteiger partial charge on any atom is 0.241 e. The molecule has 0 fully saturated rings. The molecule has 20 heavy (non-hydrogen) atoms. The fourth-order valence-corrected chi connectivity index (χ4v) is 2.02. The minimum absolute atomic E-state index is 0.155. The highest BCUT2D eigenvalue weighted by Gasteiger charge is 2.14. The van der Waals surface area contributed by atoms with Gasteiger partial charge in [-0.05, 0) is 36.1 Å². The highest BCUT2D eigenvalue weighted by Crippen LogP contribution is 2.11. The number of anilines is 1. The molecule has 0 spiro atoms. The van der Waals surface area contributed by atoms with Crippen molar-refractivity contribution in [2.75, 3.05) is 5.32 Å². The van der Waals surface area contributed by atoms with E-state index in [1.165, 1.54) is 5.56 Å². The van der Waals surface area contributed by atoms with E-state index in [1.54, 1.807) is 0 Å². The zero-order valence-corrected chi connectivity index (χ0v) is 11.7. The first kappa shape index (κ1) is 14.3. The van der Waals surface area contributed by atoms with Crippen LogP contribution in [-0.4, -0.2) is 11.9 Å². The zero-order valence-electron chi connectivity index (χ0n) is 11.7. The third-order valence-corrected chi connectivity index (χ3v) is 3.26. The predicted octanol–water partition coefficient (Wildman–Crippen LogP) is 2.76. The number of hydrogen-bond acceptors (Lipinski definition) is 2. The molecule has 104 valence electrons. The number of nitrogens with two attached hydrogens (primary N) is 1. The average Bonchev–Trinajstić information content (AvgIpc) is 2.49. The van der Waals surface area contributed by atoms with Crippen LogP contribution in [0.25, 0.3) is 0 Å². The molecular weight excluding hydrogens is 248 g/mol. The summed E-state index contributed by atoms with van der Waals surface area (Å²) >= 11 is 0. The van der Waals surface area contributed by atoms with Crippen molar-refractivity contribution in [3.05, 3.63) is 65.7 Å². The quantitative estimate of drug-likeness (QED) is 0.876. The van der Waals surface area contributed by atoms with Crippen LogP contribution in [0.15, 0.2) is 54.6 Å². The lowest BCUT2D eigenvalue weighted by molar-refractivity contribution is -0.117. The summed E-state index contributed by atoms with van der Waals surface area (Å²) in [5.74, 6) is -0.155. The number of amides is 1. The molecule has 3 N–H and O–H groups in total. The van der Waals surface area contributed by atoms with Crippen LogP contribution in [0.1, 0.15) is 18.1 Å². The van der Waals surface area contributed by atoms with Gasteiger partial charge in [-0.2, -0.15) is 0 Å². The Labute approximate surface area is 119 Å². The molecule has 1 atom stereocenters. The topological polar surface area (TPSA) is 55.1 Å². The summed E-state index contributed by atoms with van der Waals surface area (Å²) in [7, 11) is 0. The summed E-state index contributed by atoms with van der Waals surface area (Å²) in [6.45, 7) is 2.10. The molecule has 2 aromatic carbocycles. The van der Waals surface area contributed by atoms with E-state index in [0.717, 1.165) is 17.7 Å². The van der Waals surface area contributed by atoms with E-state index in [0.29, 0.717) is 6.42 Å². The number of hydrogen-bond donors (Lipinski definition) is 2. The predicted molar refractivity (Wildman–Crippen MR) is 82.6 cm³/mol. The molecule has 0 aliphatic heterocycles. The first-order valence-electron chi connectivity index (χ1n) is 6.88. The van der Waals surface area contributed by atoms with Gasteiger partial charge in [-0.3, -0.25) is 4.79 Å². The number of benzene rings is 2. The van der Waals surface area contributed by atoms with Gasteiger partial charge in [0.25, 0.3) is 0 Å². The van der Waals surface area contributed by atoms with Crippen molar-refractivity contribution in [1.29, 1.82) is 0 Å². The Bertz CT molecular complexity index is 549. The van der Waals surface area contributed by atoms with E-state index in [-0.39, 0.29) is 5.91 Å². The molecule has 1 unspecified atom stereocenters. The fourth-order valence-electron chi connectivity index (χ4n) is 2.02. The van der Waals surface area contributed by atoms with Crippen LogP contribution >= 0.6 is 0 Å². The Balaban J connectivity index is 1.93. The molecule has 0 aromatic heterocycles. The third kappa shape index (κ3) is 3.93. The average molecular weight is 268 g/mol. The van der Waals surface area contributed by atoms with Gasteiger partial charge in [-0.15, -0.1) is 0 Å². The zero-order chi connectivity index (χ0) is 14.4. The van der Waals surface area contributed by atoms with Crippen LogP contribution in [0.3, 0.4) is 0 Å². The fraction of sp³-hybridized carbons (Fsp3) is 0.235. The van der Waals surface area contributed by atoms with Gasteiger partial charge in [0.15, 0.2) is 0 Å². The lowest BCUT2D eigenvalue weighted by Gasteiger charge is -2.12. The Hall–Kier alpha value is -2.13. The van der Waals surface area contributed by atoms with Gasteiger partial charge in [0.1, 0.15) is 0 Å². The Morgan fingerprint density at radius 1 is 1.05 bits per heavy atom. The maximum absolute atomic E-state index is 12.0. The maximum atomic E-state index is 12.0. The van der Waals surface area contributed by atoms with Crippen LogP contribution in [0, 0.1) is 0 Å². The Kier molecular flexibility index (Phi) is 4.91. The van der Waals surface area contributed by atoms with Gasteiger partial charge in [0.2, 0.25) is 5.91 Å². The monoisotopic (exact) mass is 268 g/mol. The molecule has 0 aliphatic rings. The minimum Gasteiger partial charge on any atom is -0.325 e. The second-order valence-corrected chi connectivity index (χ2v) is 4.84. The number of nitrogens with one attached hydrogen (secondary N) is 1. The van der Waals surface area contributed by atoms with Gasteiger partial charge >= 0.3 is 0 Å². The van der Waals surface area contributed by atoms with Gasteiger partial charge in [0.05, 0.1) is 6.04 Å². The van der Waals surface area contributed by atoms with E-state index < -0.39 is 6.04 Å². The molecule has 0 bridgehead atoms. The van der Waals surface area contributed by atoms with Crippen molar-refractivity contribution in [3.8, 4) is 0 Å². The summed E-state index contributed by atoms with van der Waals surface area (Å²) in [6, 6.07) is 17.1. The van der Waals surface area contributed by atoms with E-state index in [1.807, 2.05) is 54.6 Å². The summed E-state index contributed by atoms with van der Waals surface area (Å²) in [5, 5.41) is 2.85. The molecule has 2 rings (SSSR count). The molecule has 0 saturated carbocycles. The smallest absolute Gasteiger partial charge is 0.241 e. The molecule has 0 saturated heterocycles. The molecule has 3 heteroatoms. The van der Waals surface area contributed by atoms with Crippen LogP contribution in [-0.2, 0) is 17.6 Å². The van der Waals surface area contributed by atoms with Crippen LogP contribution in [0.2, 0.25) is 0 Å². The van der Waals surface area contributed by atoms with Gasteiger partial charge in [-0.1, -0.05) is 49.4 Å². The van der Waals surface area contributed by atoms with Crippen molar-refractivity contribution in [3.63, 3.8) is 0 Å². The molecule has 1 amide bonds. The second-order valence-electron chi connectivity index (χ2n) is 4.84. The number of carbonyl (C=O) groups excluding carboxylic acids is 1. The van der Waals surface area contributed by atoms with Gasteiger partial charge < -0.3 is 11.1 Å². The lowest BCUT2D eigenvalue weighted by atomic mass is 10.1. The Morgan fingerprint density at radius 3 is 2.30 bits per heavy atom. The Morgan fingerprint density at radius 2 is 1.70 bits per heavy atom. The molecule has 0 heterocycles. The van der Waals surface area contributed by atoms with E-state index in [2.05, 4.69) is 12.2 Å².